The van der Waals surface area contributed by atoms with Crippen LogP contribution in [0.25, 0.3) is 5.57 Å². The SMILES string of the molecule is O=C(O)c1ccccc1C1=c2cc3c(cc2Oc2cc4c(cc21)CCCN4CCC(F)(F)F)=[N+](CCC(F)(F)F)CCC3.O=S(=O)([O-])C(F)(F)F. The van der Waals surface area contributed by atoms with Crippen LogP contribution < -0.4 is 24.8 Å². The highest BCUT2D eigenvalue weighted by atomic mass is 32.2. The molecule has 6 rings (SSSR count). The van der Waals surface area contributed by atoms with Gasteiger partial charge in [0.15, 0.2) is 16.7 Å². The van der Waals surface area contributed by atoms with Crippen molar-refractivity contribution < 1.29 is 67.1 Å². The maximum atomic E-state index is 13.1. The smallest absolute Gasteiger partial charge is 0.485 e. The number of nitrogens with zero attached hydrogens (tertiary/aromatic N) is 2. The second-order valence-electron chi connectivity index (χ2n) is 12.1. The Morgan fingerprint density at radius 3 is 2.14 bits per heavy atom. The molecule has 276 valence electrons. The van der Waals surface area contributed by atoms with Crippen molar-refractivity contribution in [2.75, 3.05) is 31.1 Å². The van der Waals surface area contributed by atoms with Crippen LogP contribution in [-0.4, -0.2) is 68.1 Å². The molecule has 3 aromatic carbocycles. The number of benzene rings is 3. The van der Waals surface area contributed by atoms with Gasteiger partial charge >= 0.3 is 23.8 Å². The number of carbonyl (C=O) groups is 1. The van der Waals surface area contributed by atoms with Crippen molar-refractivity contribution in [3.63, 3.8) is 0 Å². The third kappa shape index (κ3) is 8.77. The fraction of sp³-hybridized carbons (Fsp3) is 0.394. The number of halogens is 9. The van der Waals surface area contributed by atoms with Crippen LogP contribution in [0.15, 0.2) is 48.5 Å². The molecule has 0 radical (unpaired) electrons. The maximum absolute atomic E-state index is 13.1. The Hall–Kier alpha value is -4.32. The minimum absolute atomic E-state index is 0.0744. The van der Waals surface area contributed by atoms with Crippen LogP contribution in [0, 0.1) is 0 Å². The lowest BCUT2D eigenvalue weighted by Gasteiger charge is -2.33. The first kappa shape index (κ1) is 37.9. The van der Waals surface area contributed by atoms with E-state index in [1.165, 1.54) is 6.07 Å². The Morgan fingerprint density at radius 1 is 0.863 bits per heavy atom. The van der Waals surface area contributed by atoms with Crippen LogP contribution in [-0.2, 0) is 23.0 Å². The van der Waals surface area contributed by atoms with E-state index in [1.54, 1.807) is 39.8 Å². The van der Waals surface area contributed by atoms with Crippen LogP contribution in [0.1, 0.15) is 58.3 Å². The molecule has 0 atom stereocenters. The lowest BCUT2D eigenvalue weighted by molar-refractivity contribution is -0.134. The minimum atomic E-state index is -6.09. The van der Waals surface area contributed by atoms with Gasteiger partial charge in [0.2, 0.25) is 5.36 Å². The Labute approximate surface area is 284 Å². The van der Waals surface area contributed by atoms with E-state index in [9.17, 15) is 49.4 Å². The summed E-state index contributed by atoms with van der Waals surface area (Å²) >= 11 is 0. The van der Waals surface area contributed by atoms with E-state index in [-0.39, 0.29) is 18.7 Å². The van der Waals surface area contributed by atoms with E-state index >= 15 is 0 Å². The summed E-state index contributed by atoms with van der Waals surface area (Å²) in [6, 6.07) is 13.8. The normalized spacial score (nSPS) is 15.8. The van der Waals surface area contributed by atoms with Gasteiger partial charge in [0.25, 0.3) is 0 Å². The van der Waals surface area contributed by atoms with Crippen molar-refractivity contribution >= 4 is 27.3 Å². The monoisotopic (exact) mass is 752 g/mol. The largest absolute Gasteiger partial charge is 0.741 e. The van der Waals surface area contributed by atoms with E-state index in [4.69, 9.17) is 17.7 Å². The first-order valence-corrected chi connectivity index (χ1v) is 16.9. The predicted octanol–water partition coefficient (Wildman–Crippen LogP) is 5.88. The van der Waals surface area contributed by atoms with Gasteiger partial charge in [-0.15, -0.1) is 0 Å². The second kappa shape index (κ2) is 14.0. The van der Waals surface area contributed by atoms with E-state index < -0.39 is 46.8 Å². The molecule has 18 heteroatoms. The number of fused-ring (bicyclic) bond motifs is 4. The van der Waals surface area contributed by atoms with E-state index in [2.05, 4.69) is 0 Å². The Balaban J connectivity index is 0.000000565. The molecule has 0 fully saturated rings. The highest BCUT2D eigenvalue weighted by molar-refractivity contribution is 7.86. The maximum Gasteiger partial charge on any atom is 0.485 e. The molecule has 51 heavy (non-hydrogen) atoms. The number of hydrogen-bond donors (Lipinski definition) is 1. The lowest BCUT2D eigenvalue weighted by Crippen LogP contribution is -2.40. The molecule has 0 unspecified atom stereocenters. The Kier molecular flexibility index (Phi) is 10.4. The van der Waals surface area contributed by atoms with Gasteiger partial charge in [-0.3, -0.25) is 0 Å². The van der Waals surface area contributed by atoms with Crippen LogP contribution in [0.2, 0.25) is 0 Å². The van der Waals surface area contributed by atoms with Crippen molar-refractivity contribution in [1.29, 1.82) is 0 Å². The van der Waals surface area contributed by atoms with Gasteiger partial charge in [0, 0.05) is 53.2 Å². The van der Waals surface area contributed by atoms with Crippen molar-refractivity contribution in [3.05, 3.63) is 86.9 Å². The van der Waals surface area contributed by atoms with Crippen molar-refractivity contribution in [1.82, 2.24) is 4.58 Å². The van der Waals surface area contributed by atoms with Crippen molar-refractivity contribution in [3.8, 4) is 11.5 Å². The zero-order valence-corrected chi connectivity index (χ0v) is 27.2. The molecule has 3 aliphatic rings. The molecule has 0 aromatic heterocycles. The summed E-state index contributed by atoms with van der Waals surface area (Å²) in [5.41, 5.74) is -1.55. The molecule has 0 aliphatic carbocycles. The number of rotatable bonds is 6. The third-order valence-corrected chi connectivity index (χ3v) is 9.16. The zero-order valence-electron chi connectivity index (χ0n) is 26.4. The average Bonchev–Trinajstić information content (AvgIpc) is 3.02. The number of carboxylic acid groups (broad SMARTS) is 1. The van der Waals surface area contributed by atoms with Crippen LogP contribution >= 0.6 is 0 Å². The first-order chi connectivity index (χ1) is 23.6. The quantitative estimate of drug-likeness (QED) is 0.113. The first-order valence-electron chi connectivity index (χ1n) is 15.5. The van der Waals surface area contributed by atoms with E-state index in [0.29, 0.717) is 83.2 Å². The number of hydrogen-bond acceptors (Lipinski definition) is 6. The van der Waals surface area contributed by atoms with Gasteiger partial charge in [-0.2, -0.15) is 39.5 Å². The molecule has 0 saturated heterocycles. The molecular formula is C33H29F9N2O6S. The fourth-order valence-corrected chi connectivity index (χ4v) is 6.37. The second-order valence-corrected chi connectivity index (χ2v) is 13.5. The third-order valence-electron chi connectivity index (χ3n) is 8.59. The minimum Gasteiger partial charge on any atom is -0.741 e. The summed E-state index contributed by atoms with van der Waals surface area (Å²) in [6.07, 6.45) is -7.91. The molecule has 1 N–H and O–H groups in total. The summed E-state index contributed by atoms with van der Waals surface area (Å²) in [5, 5.41) is 11.3. The van der Waals surface area contributed by atoms with Gasteiger partial charge in [-0.1, -0.05) is 18.2 Å². The standard InChI is InChI=1S/C32H28F6N2O3.CHF3O3S/c33-31(34,35)9-13-39-11-3-5-19-15-23-27(17-25(19)39)43-28-18-26-20(6-4-12-40(26)14-10-32(36,37)38)16-24(28)29(23)21-7-1-2-8-22(21)30(41)42;2-1(3,4)8(5,6)7/h1-2,7-8,15-18H,3-6,9-14H2;(H,5,6,7). The van der Waals surface area contributed by atoms with Gasteiger partial charge in [0.05, 0.1) is 18.1 Å². The number of ether oxygens (including phenoxy) is 1. The Bertz CT molecular complexity index is 2080. The molecule has 3 aliphatic heterocycles. The number of anilines is 1. The summed E-state index contributed by atoms with van der Waals surface area (Å²) in [5.74, 6) is -0.402. The zero-order chi connectivity index (χ0) is 37.5. The molecule has 0 saturated carbocycles. The molecule has 3 heterocycles. The molecular weight excluding hydrogens is 723 g/mol. The van der Waals surface area contributed by atoms with Crippen LogP contribution in [0.4, 0.5) is 45.2 Å². The van der Waals surface area contributed by atoms with Gasteiger partial charge in [0.1, 0.15) is 24.5 Å². The summed E-state index contributed by atoms with van der Waals surface area (Å²) in [6.45, 7) is 0.509. The molecule has 0 bridgehead atoms. The van der Waals surface area contributed by atoms with Gasteiger partial charge in [-0.25, -0.2) is 17.8 Å². The van der Waals surface area contributed by atoms with Crippen LogP contribution in [0.5, 0.6) is 11.5 Å². The number of alkyl halides is 9. The van der Waals surface area contributed by atoms with Gasteiger partial charge in [-0.05, 0) is 48.6 Å². The molecule has 0 amide bonds. The number of carboxylic acids is 1. The molecule has 3 aromatic rings. The van der Waals surface area contributed by atoms with Crippen molar-refractivity contribution in [2.24, 2.45) is 0 Å². The number of aryl methyl sites for hydroxylation is 2. The number of aromatic carboxylic acids is 1. The topological polar surface area (TPSA) is 110 Å². The average molecular weight is 753 g/mol. The summed E-state index contributed by atoms with van der Waals surface area (Å²) in [4.78, 5) is 14.0. The highest BCUT2D eigenvalue weighted by Gasteiger charge is 2.37. The van der Waals surface area contributed by atoms with E-state index in [0.717, 1.165) is 11.1 Å². The highest BCUT2D eigenvalue weighted by Crippen LogP contribution is 2.43. The fourth-order valence-electron chi connectivity index (χ4n) is 6.37. The molecule has 8 nitrogen and oxygen atoms in total. The van der Waals surface area contributed by atoms with Crippen molar-refractivity contribution in [2.45, 2.75) is 56.4 Å². The summed E-state index contributed by atoms with van der Waals surface area (Å²) < 4.78 is 146. The van der Waals surface area contributed by atoms with E-state index in [1.807, 2.05) is 12.1 Å². The van der Waals surface area contributed by atoms with Crippen LogP contribution in [0.3, 0.4) is 0 Å². The lowest BCUT2D eigenvalue weighted by atomic mass is 9.86. The van der Waals surface area contributed by atoms with Gasteiger partial charge < -0.3 is 19.3 Å². The molecule has 0 spiro atoms. The summed E-state index contributed by atoms with van der Waals surface area (Å²) in [7, 11) is -6.09. The Morgan fingerprint density at radius 2 is 1.51 bits per heavy atom. The predicted molar refractivity (Wildman–Crippen MR) is 164 cm³/mol.